The molecule has 0 aromatic heterocycles. The largest absolute Gasteiger partial charge is 0.493 e. The van der Waals surface area contributed by atoms with Crippen molar-refractivity contribution in [3.05, 3.63) is 27.8 Å². The zero-order chi connectivity index (χ0) is 19.0. The molecule has 1 N–H and O–H groups in total. The molecule has 0 aliphatic rings. The first-order valence-corrected chi connectivity index (χ1v) is 8.14. The second kappa shape index (κ2) is 9.83. The average Bonchev–Trinajstić information content (AvgIpc) is 2.57. The van der Waals surface area contributed by atoms with Crippen molar-refractivity contribution in [1.29, 1.82) is 0 Å². The Balaban J connectivity index is 2.94. The molecule has 0 radical (unpaired) electrons. The van der Waals surface area contributed by atoms with Gasteiger partial charge in [0.05, 0.1) is 43.0 Å². The summed E-state index contributed by atoms with van der Waals surface area (Å²) in [6, 6.07) is 2.66. The lowest BCUT2D eigenvalue weighted by Gasteiger charge is -2.18. The number of ether oxygens (including phenoxy) is 3. The van der Waals surface area contributed by atoms with Crippen LogP contribution >= 0.6 is 0 Å². The molecule has 8 nitrogen and oxygen atoms in total. The molecule has 0 fully saturated rings. The van der Waals surface area contributed by atoms with Gasteiger partial charge in [-0.25, -0.2) is 0 Å². The van der Waals surface area contributed by atoms with E-state index in [4.69, 9.17) is 14.2 Å². The number of carbonyl (C=O) groups excluding carboxylic acids is 1. The van der Waals surface area contributed by atoms with Gasteiger partial charge in [0.2, 0.25) is 0 Å². The Kier molecular flexibility index (Phi) is 8.13. The fraction of sp³-hybridized carbons (Fsp3) is 0.588. The standard InChI is InChI=1S/C17H25NO7/c1-5-24-16(19)7-6-8-25-15-10-13(18(21)22)12(9-14(15)23-4)17(20)11(2)3/h9-11,17,20H,5-8H2,1-4H3. The highest BCUT2D eigenvalue weighted by atomic mass is 16.6. The van der Waals surface area contributed by atoms with E-state index >= 15 is 0 Å². The lowest BCUT2D eigenvalue weighted by atomic mass is 9.97. The number of nitro groups is 1. The first-order valence-electron chi connectivity index (χ1n) is 8.14. The van der Waals surface area contributed by atoms with E-state index in [2.05, 4.69) is 0 Å². The number of hydrogen-bond acceptors (Lipinski definition) is 7. The van der Waals surface area contributed by atoms with Crippen molar-refractivity contribution in [1.82, 2.24) is 0 Å². The van der Waals surface area contributed by atoms with Crippen molar-refractivity contribution in [3.8, 4) is 11.5 Å². The monoisotopic (exact) mass is 355 g/mol. The fourth-order valence-corrected chi connectivity index (χ4v) is 2.22. The summed E-state index contributed by atoms with van der Waals surface area (Å²) in [6.45, 7) is 5.75. The Morgan fingerprint density at radius 1 is 1.32 bits per heavy atom. The van der Waals surface area contributed by atoms with E-state index in [-0.39, 0.29) is 47.7 Å². The van der Waals surface area contributed by atoms with Crippen LogP contribution in [-0.2, 0) is 9.53 Å². The maximum atomic E-state index is 11.3. The molecule has 0 spiro atoms. The summed E-state index contributed by atoms with van der Waals surface area (Å²) in [6.07, 6.45) is -0.388. The summed E-state index contributed by atoms with van der Waals surface area (Å²) >= 11 is 0. The summed E-state index contributed by atoms with van der Waals surface area (Å²) in [7, 11) is 1.41. The number of aliphatic hydroxyl groups excluding tert-OH is 1. The van der Waals surface area contributed by atoms with Crippen molar-refractivity contribution < 1.29 is 29.0 Å². The Labute approximate surface area is 146 Å². The average molecular weight is 355 g/mol. The van der Waals surface area contributed by atoms with E-state index in [0.717, 1.165) is 0 Å². The topological polar surface area (TPSA) is 108 Å². The molecule has 25 heavy (non-hydrogen) atoms. The fourth-order valence-electron chi connectivity index (χ4n) is 2.22. The first kappa shape index (κ1) is 20.7. The number of rotatable bonds is 10. The molecule has 0 aliphatic heterocycles. The van der Waals surface area contributed by atoms with Crippen molar-refractivity contribution in [2.75, 3.05) is 20.3 Å². The zero-order valence-corrected chi connectivity index (χ0v) is 15.0. The number of benzene rings is 1. The van der Waals surface area contributed by atoms with Gasteiger partial charge in [0.1, 0.15) is 0 Å². The SMILES string of the molecule is CCOC(=O)CCCOc1cc([N+](=O)[O-])c(C(O)C(C)C)cc1OC. The van der Waals surface area contributed by atoms with Gasteiger partial charge in [-0.05, 0) is 25.3 Å². The smallest absolute Gasteiger partial charge is 0.305 e. The highest BCUT2D eigenvalue weighted by Crippen LogP contribution is 2.39. The lowest BCUT2D eigenvalue weighted by Crippen LogP contribution is -2.10. The Bertz CT molecular complexity index is 601. The van der Waals surface area contributed by atoms with Gasteiger partial charge in [0, 0.05) is 6.42 Å². The molecule has 0 amide bonds. The summed E-state index contributed by atoms with van der Waals surface area (Å²) in [5, 5.41) is 21.5. The van der Waals surface area contributed by atoms with Crippen molar-refractivity contribution in [2.45, 2.75) is 39.7 Å². The van der Waals surface area contributed by atoms with Crippen molar-refractivity contribution >= 4 is 11.7 Å². The minimum absolute atomic E-state index is 0.177. The molecule has 1 unspecified atom stereocenters. The molecule has 140 valence electrons. The van der Waals surface area contributed by atoms with Crippen molar-refractivity contribution in [2.24, 2.45) is 5.92 Å². The van der Waals surface area contributed by atoms with E-state index in [1.165, 1.54) is 19.2 Å². The summed E-state index contributed by atoms with van der Waals surface area (Å²) in [5.41, 5.74) is -0.0573. The van der Waals surface area contributed by atoms with Crippen LogP contribution in [0.2, 0.25) is 0 Å². The molecule has 8 heteroatoms. The second-order valence-corrected chi connectivity index (χ2v) is 5.76. The van der Waals surface area contributed by atoms with Crippen LogP contribution in [-0.4, -0.2) is 36.3 Å². The molecule has 0 heterocycles. The van der Waals surface area contributed by atoms with Gasteiger partial charge in [0.25, 0.3) is 5.69 Å². The summed E-state index contributed by atoms with van der Waals surface area (Å²) in [5.74, 6) is -0.0339. The molecule has 1 atom stereocenters. The zero-order valence-electron chi connectivity index (χ0n) is 15.0. The number of methoxy groups -OCH3 is 1. The molecule has 0 bridgehead atoms. The number of esters is 1. The third-order valence-electron chi connectivity index (χ3n) is 3.55. The number of hydrogen-bond donors (Lipinski definition) is 1. The first-order chi connectivity index (χ1) is 11.8. The van der Waals surface area contributed by atoms with E-state index < -0.39 is 11.0 Å². The van der Waals surface area contributed by atoms with Crippen LogP contribution < -0.4 is 9.47 Å². The Morgan fingerprint density at radius 3 is 2.52 bits per heavy atom. The summed E-state index contributed by atoms with van der Waals surface area (Å²) < 4.78 is 15.6. The van der Waals surface area contributed by atoms with Crippen LogP contribution in [0.4, 0.5) is 5.69 Å². The van der Waals surface area contributed by atoms with E-state index in [9.17, 15) is 20.0 Å². The number of aliphatic hydroxyl groups is 1. The quantitative estimate of drug-likeness (QED) is 0.297. The normalized spacial score (nSPS) is 11.9. The van der Waals surface area contributed by atoms with Gasteiger partial charge in [-0.15, -0.1) is 0 Å². The Hall–Kier alpha value is -2.35. The molecule has 1 rings (SSSR count). The van der Waals surface area contributed by atoms with E-state index in [1.54, 1.807) is 20.8 Å². The van der Waals surface area contributed by atoms with Gasteiger partial charge in [-0.1, -0.05) is 13.8 Å². The summed E-state index contributed by atoms with van der Waals surface area (Å²) in [4.78, 5) is 22.0. The van der Waals surface area contributed by atoms with Gasteiger partial charge < -0.3 is 19.3 Å². The third kappa shape index (κ3) is 5.90. The van der Waals surface area contributed by atoms with Crippen LogP contribution in [0.3, 0.4) is 0 Å². The third-order valence-corrected chi connectivity index (χ3v) is 3.55. The van der Waals surface area contributed by atoms with Gasteiger partial charge in [0.15, 0.2) is 11.5 Å². The minimum Gasteiger partial charge on any atom is -0.493 e. The van der Waals surface area contributed by atoms with Gasteiger partial charge >= 0.3 is 5.97 Å². The molecule has 1 aromatic rings. The van der Waals surface area contributed by atoms with Crippen LogP contribution in [0.15, 0.2) is 12.1 Å². The minimum atomic E-state index is -0.993. The lowest BCUT2D eigenvalue weighted by molar-refractivity contribution is -0.386. The van der Waals surface area contributed by atoms with E-state index in [1.807, 2.05) is 0 Å². The van der Waals surface area contributed by atoms with E-state index in [0.29, 0.717) is 13.0 Å². The molecule has 0 saturated carbocycles. The number of carbonyl (C=O) groups is 1. The highest BCUT2D eigenvalue weighted by Gasteiger charge is 2.26. The van der Waals surface area contributed by atoms with Crippen LogP contribution in [0.1, 0.15) is 45.3 Å². The number of nitro benzene ring substituents is 1. The van der Waals surface area contributed by atoms with Crippen molar-refractivity contribution in [3.63, 3.8) is 0 Å². The molecule has 0 aliphatic carbocycles. The highest BCUT2D eigenvalue weighted by molar-refractivity contribution is 5.69. The predicted octanol–water partition coefficient (Wildman–Crippen LogP) is 3.01. The molecular weight excluding hydrogens is 330 g/mol. The van der Waals surface area contributed by atoms with Gasteiger partial charge in [-0.2, -0.15) is 0 Å². The molecule has 0 saturated heterocycles. The van der Waals surface area contributed by atoms with Crippen LogP contribution in [0.25, 0.3) is 0 Å². The maximum absolute atomic E-state index is 11.3. The maximum Gasteiger partial charge on any atom is 0.305 e. The number of nitrogens with zero attached hydrogens (tertiary/aromatic N) is 1. The van der Waals surface area contributed by atoms with Crippen LogP contribution in [0.5, 0.6) is 11.5 Å². The van der Waals surface area contributed by atoms with Crippen LogP contribution in [0, 0.1) is 16.0 Å². The predicted molar refractivity (Wildman–Crippen MR) is 90.8 cm³/mol. The van der Waals surface area contributed by atoms with Gasteiger partial charge in [-0.3, -0.25) is 14.9 Å². The Morgan fingerprint density at radius 2 is 2.00 bits per heavy atom. The molecular formula is C17H25NO7. The second-order valence-electron chi connectivity index (χ2n) is 5.76. The molecule has 1 aromatic carbocycles.